The lowest BCUT2D eigenvalue weighted by atomic mass is 9.86. The second-order valence-corrected chi connectivity index (χ2v) is 8.81. The molecule has 1 heterocycles. The molecule has 5 aromatic rings. The number of aromatic nitrogens is 1. The molecule has 0 unspecified atom stereocenters. The molecule has 0 saturated carbocycles. The molecule has 0 spiro atoms. The maximum atomic E-state index is 15.1. The largest absolute Gasteiger partial charge is 0.353 e. The summed E-state index contributed by atoms with van der Waals surface area (Å²) >= 11 is 0. The van der Waals surface area contributed by atoms with Crippen molar-refractivity contribution in [3.8, 4) is 33.4 Å². The van der Waals surface area contributed by atoms with Crippen LogP contribution in [0.15, 0.2) is 6.07 Å². The molecule has 16 heteroatoms. The van der Waals surface area contributed by atoms with Crippen LogP contribution in [0.25, 0.3) is 44.3 Å². The van der Waals surface area contributed by atoms with Gasteiger partial charge >= 0.3 is 0 Å². The smallest absolute Gasteiger partial charge is 0.200 e. The molecule has 0 aliphatic rings. The molecule has 0 fully saturated rings. The Morgan fingerprint density at radius 3 is 1.14 bits per heavy atom. The van der Waals surface area contributed by atoms with Crippen molar-refractivity contribution in [3.63, 3.8) is 0 Å². The lowest BCUT2D eigenvalue weighted by Gasteiger charge is -2.19. The summed E-state index contributed by atoms with van der Waals surface area (Å²) in [6.45, 7) is 0.621. The fourth-order valence-corrected chi connectivity index (χ4v) is 4.58. The summed E-state index contributed by atoms with van der Waals surface area (Å²) in [7, 11) is 0. The maximum Gasteiger partial charge on any atom is 0.200 e. The molecule has 0 aliphatic heterocycles. The van der Waals surface area contributed by atoms with Gasteiger partial charge in [-0.1, -0.05) is 0 Å². The number of hydrogen-bond acceptors (Lipinski definition) is 0. The molecule has 1 radical (unpaired) electrons. The lowest BCUT2D eigenvalue weighted by Crippen LogP contribution is -2.08. The molecule has 1 nitrogen and oxygen atoms in total. The first-order valence-corrected chi connectivity index (χ1v) is 11.2. The highest BCUT2D eigenvalue weighted by molar-refractivity contribution is 6.09. The van der Waals surface area contributed by atoms with E-state index in [0.29, 0.717) is 13.0 Å². The van der Waals surface area contributed by atoms with Gasteiger partial charge in [-0.15, -0.1) is 0 Å². The zero-order chi connectivity index (χ0) is 32.0. The molecule has 1 N–H and O–H groups in total. The monoisotopic (exact) mass is 628 g/mol. The Kier molecular flexibility index (Phi) is 6.93. The number of hydrogen-bond donors (Lipinski definition) is 1. The van der Waals surface area contributed by atoms with Gasteiger partial charge in [-0.3, -0.25) is 0 Å². The number of nitrogens with one attached hydrogen (secondary N) is 1. The summed E-state index contributed by atoms with van der Waals surface area (Å²) < 4.78 is 215. The number of H-pyrrole nitrogens is 1. The van der Waals surface area contributed by atoms with E-state index in [-0.39, 0.29) is 0 Å². The zero-order valence-corrected chi connectivity index (χ0v) is 20.2. The minimum absolute atomic E-state index is 0.463. The van der Waals surface area contributed by atoms with Crippen LogP contribution in [0.1, 0.15) is 5.56 Å². The van der Waals surface area contributed by atoms with E-state index in [1.807, 2.05) is 11.2 Å². The highest BCUT2D eigenvalue weighted by Gasteiger charge is 2.35. The topological polar surface area (TPSA) is 15.8 Å². The van der Waals surface area contributed by atoms with Gasteiger partial charge in [0.25, 0.3) is 0 Å². The quantitative estimate of drug-likeness (QED) is 0.117. The van der Waals surface area contributed by atoms with Crippen molar-refractivity contribution in [2.45, 2.75) is 6.92 Å². The molecule has 5 rings (SSSR count). The van der Waals surface area contributed by atoms with Crippen molar-refractivity contribution in [1.29, 1.82) is 0 Å². The summed E-state index contributed by atoms with van der Waals surface area (Å²) in [5, 5.41) is -1.09. The number of halogens is 15. The molecule has 0 bridgehead atoms. The van der Waals surface area contributed by atoms with Gasteiger partial charge in [0, 0.05) is 22.0 Å². The van der Waals surface area contributed by atoms with Crippen molar-refractivity contribution in [2.75, 3.05) is 0 Å². The normalized spacial score (nSPS) is 11.7. The zero-order valence-electron chi connectivity index (χ0n) is 20.2. The molecule has 0 amide bonds. The fourth-order valence-electron chi connectivity index (χ4n) is 4.58. The molecular weight excluding hydrogens is 623 g/mol. The Hall–Kier alpha value is -4.63. The van der Waals surface area contributed by atoms with Crippen molar-refractivity contribution in [3.05, 3.63) is 105 Å². The van der Waals surface area contributed by atoms with Crippen LogP contribution in [-0.2, 0) is 0 Å². The minimum atomic E-state index is -2.70. The summed E-state index contributed by atoms with van der Waals surface area (Å²) in [6.07, 6.45) is 1.88. The predicted molar refractivity (Wildman–Crippen MR) is 118 cm³/mol. The minimum Gasteiger partial charge on any atom is -0.353 e. The van der Waals surface area contributed by atoms with Gasteiger partial charge in [0.05, 0.1) is 22.9 Å². The first kappa shape index (κ1) is 29.8. The van der Waals surface area contributed by atoms with Crippen LogP contribution < -0.4 is 0 Å². The molecule has 0 atom stereocenters. The van der Waals surface area contributed by atoms with Crippen molar-refractivity contribution in [2.24, 2.45) is 0 Å². The molecule has 4 aromatic carbocycles. The first-order valence-electron chi connectivity index (χ1n) is 11.2. The van der Waals surface area contributed by atoms with Gasteiger partial charge < -0.3 is 4.98 Å². The molecule has 1 aromatic heterocycles. The van der Waals surface area contributed by atoms with E-state index in [4.69, 9.17) is 0 Å². The van der Waals surface area contributed by atoms with Crippen LogP contribution in [0.2, 0.25) is 0 Å². The molecular formula is C27H5F15N. The second-order valence-electron chi connectivity index (χ2n) is 8.81. The highest BCUT2D eigenvalue weighted by Crippen LogP contribution is 2.47. The Morgan fingerprint density at radius 1 is 0.419 bits per heavy atom. The lowest BCUT2D eigenvalue weighted by molar-refractivity contribution is 0.381. The van der Waals surface area contributed by atoms with Gasteiger partial charge in [0.2, 0.25) is 17.5 Å². The molecule has 223 valence electrons. The maximum absolute atomic E-state index is 15.1. The van der Waals surface area contributed by atoms with Crippen molar-refractivity contribution >= 4 is 10.9 Å². The Morgan fingerprint density at radius 2 is 0.744 bits per heavy atom. The van der Waals surface area contributed by atoms with Crippen LogP contribution in [0.5, 0.6) is 0 Å². The summed E-state index contributed by atoms with van der Waals surface area (Å²) in [4.78, 5) is 1.99. The predicted octanol–water partition coefficient (Wildman–Crippen LogP) is 9.36. The van der Waals surface area contributed by atoms with E-state index >= 15 is 8.78 Å². The van der Waals surface area contributed by atoms with E-state index < -0.39 is 137 Å². The van der Waals surface area contributed by atoms with Gasteiger partial charge in [-0.05, 0) is 24.1 Å². The van der Waals surface area contributed by atoms with Gasteiger partial charge in [-0.2, -0.15) is 0 Å². The average Bonchev–Trinajstić information content (AvgIpc) is 3.39. The standard InChI is InChI=1S/C27H5F15N/c1-4-5(10-13(28)19(34)25(40)20(35)14(10)29)2-7-9(8(4)12-17(32)23(38)27(42)24(39)18(12)33)6(3-43-7)11-15(30)21(36)26(41)22(37)16(11)31/h2,43H,1H3. The number of aromatic amines is 1. The van der Waals surface area contributed by atoms with Crippen molar-refractivity contribution in [1.82, 2.24) is 4.98 Å². The fraction of sp³-hybridized carbons (Fsp3) is 0.0370. The van der Waals surface area contributed by atoms with Gasteiger partial charge in [-0.25, -0.2) is 65.9 Å². The van der Waals surface area contributed by atoms with E-state index in [9.17, 15) is 57.1 Å². The Labute approximate surface area is 227 Å². The van der Waals surface area contributed by atoms with Crippen LogP contribution in [-0.4, -0.2) is 4.98 Å². The van der Waals surface area contributed by atoms with E-state index in [1.54, 1.807) is 0 Å². The summed E-state index contributed by atoms with van der Waals surface area (Å²) in [5.41, 5.74) is -11.2. The number of fused-ring (bicyclic) bond motifs is 1. The Bertz CT molecular complexity index is 1960. The highest BCUT2D eigenvalue weighted by atomic mass is 19.2. The van der Waals surface area contributed by atoms with Crippen LogP contribution in [0.4, 0.5) is 65.9 Å². The summed E-state index contributed by atoms with van der Waals surface area (Å²) in [5.74, 6) is -38.7. The number of rotatable bonds is 3. The van der Waals surface area contributed by atoms with Gasteiger partial charge in [0.15, 0.2) is 69.8 Å². The molecule has 0 saturated heterocycles. The molecule has 0 aliphatic carbocycles. The second kappa shape index (κ2) is 9.98. The van der Waals surface area contributed by atoms with Crippen LogP contribution in [0.3, 0.4) is 0 Å². The third kappa shape index (κ3) is 3.98. The van der Waals surface area contributed by atoms with Gasteiger partial charge in [0.1, 0.15) is 0 Å². The average molecular weight is 628 g/mol. The van der Waals surface area contributed by atoms with E-state index in [2.05, 4.69) is 0 Å². The number of benzene rings is 4. The third-order valence-corrected chi connectivity index (χ3v) is 6.56. The summed E-state index contributed by atoms with van der Waals surface area (Å²) in [6, 6.07) is 0.463. The third-order valence-electron chi connectivity index (χ3n) is 6.56. The van der Waals surface area contributed by atoms with E-state index in [1.165, 1.54) is 0 Å². The van der Waals surface area contributed by atoms with Crippen LogP contribution >= 0.6 is 0 Å². The first-order chi connectivity index (χ1) is 20.0. The van der Waals surface area contributed by atoms with Crippen molar-refractivity contribution < 1.29 is 65.9 Å². The van der Waals surface area contributed by atoms with Crippen LogP contribution in [0, 0.1) is 100 Å². The SMILES string of the molecule is Cc1c(-c2c(F)c(F)c(F)c(F)c2F)cc2[nH][c]c(-c3c(F)c(F)c(F)c(F)c3F)c2c1-c1c(F)c(F)c(F)c(F)c1F. The van der Waals surface area contributed by atoms with E-state index in [0.717, 1.165) is 0 Å². The Balaban J connectivity index is 2.07. The molecule has 43 heavy (non-hydrogen) atoms.